The van der Waals surface area contributed by atoms with Crippen LogP contribution in [0, 0.1) is 13.8 Å². The van der Waals surface area contributed by atoms with E-state index >= 15 is 0 Å². The predicted molar refractivity (Wildman–Crippen MR) is 143 cm³/mol. The van der Waals surface area contributed by atoms with Crippen LogP contribution in [0.4, 0.5) is 5.13 Å². The monoisotopic (exact) mass is 479 g/mol. The molecule has 5 aromatic rings. The molecule has 2 heterocycles. The number of anilines is 1. The second kappa shape index (κ2) is 9.68. The Labute approximate surface area is 208 Å². The van der Waals surface area contributed by atoms with Crippen LogP contribution < -0.4 is 10.1 Å². The van der Waals surface area contributed by atoms with Gasteiger partial charge in [-0.25, -0.2) is 9.97 Å². The van der Waals surface area contributed by atoms with Gasteiger partial charge >= 0.3 is 0 Å². The molecule has 5 nitrogen and oxygen atoms in total. The van der Waals surface area contributed by atoms with E-state index in [-0.39, 0.29) is 5.91 Å². The van der Waals surface area contributed by atoms with E-state index in [1.807, 2.05) is 68.4 Å². The summed E-state index contributed by atoms with van der Waals surface area (Å²) >= 11 is 1.47. The van der Waals surface area contributed by atoms with Crippen LogP contribution in [0.3, 0.4) is 0 Å². The second-order valence-corrected chi connectivity index (χ2v) is 9.45. The van der Waals surface area contributed by atoms with Crippen molar-refractivity contribution in [3.8, 4) is 28.3 Å². The van der Waals surface area contributed by atoms with Crippen molar-refractivity contribution < 1.29 is 9.53 Å². The van der Waals surface area contributed by atoms with Gasteiger partial charge in [-0.05, 0) is 45.0 Å². The van der Waals surface area contributed by atoms with Crippen molar-refractivity contribution in [3.05, 3.63) is 94.9 Å². The molecule has 3 aromatic carbocycles. The lowest BCUT2D eigenvalue weighted by atomic mass is 10.0. The highest BCUT2D eigenvalue weighted by molar-refractivity contribution is 7.16. The van der Waals surface area contributed by atoms with Crippen LogP contribution in [-0.2, 0) is 0 Å². The Bertz CT molecular complexity index is 1520. The molecule has 0 aliphatic rings. The van der Waals surface area contributed by atoms with E-state index in [2.05, 4.69) is 36.5 Å². The molecule has 0 saturated carbocycles. The first-order chi connectivity index (χ1) is 17.0. The molecule has 1 N–H and O–H groups in total. The van der Waals surface area contributed by atoms with Crippen molar-refractivity contribution in [3.63, 3.8) is 0 Å². The number of nitrogens with one attached hydrogen (secondary N) is 1. The van der Waals surface area contributed by atoms with Crippen LogP contribution in [0.25, 0.3) is 33.4 Å². The number of ether oxygens (including phenoxy) is 1. The van der Waals surface area contributed by atoms with Crippen molar-refractivity contribution in [2.75, 3.05) is 11.9 Å². The summed E-state index contributed by atoms with van der Waals surface area (Å²) in [5.41, 5.74) is 5.94. The summed E-state index contributed by atoms with van der Waals surface area (Å²) in [6.07, 6.45) is 0. The van der Waals surface area contributed by atoms with Crippen LogP contribution in [0.15, 0.2) is 78.9 Å². The van der Waals surface area contributed by atoms with Crippen molar-refractivity contribution in [2.24, 2.45) is 0 Å². The zero-order valence-corrected chi connectivity index (χ0v) is 20.6. The molecule has 174 valence electrons. The summed E-state index contributed by atoms with van der Waals surface area (Å²) in [7, 11) is 0. The standard InChI is InChI=1S/C29H25N3O2S/c1-4-34-26-12-8-6-10-22(26)25-17-23(21-9-5-7-11-24(21)30-25)28(33)32-29-31-27(19(3)35-29)20-15-13-18(2)14-16-20/h5-17H,4H2,1-3H3,(H,31,32,33). The van der Waals surface area contributed by atoms with Gasteiger partial charge in [0.2, 0.25) is 0 Å². The molecule has 5 rings (SSSR count). The van der Waals surface area contributed by atoms with Gasteiger partial charge in [0.15, 0.2) is 5.13 Å². The Hall–Kier alpha value is -4.03. The lowest BCUT2D eigenvalue weighted by Crippen LogP contribution is -2.13. The predicted octanol–water partition coefficient (Wildman–Crippen LogP) is 7.29. The molecule has 1 amide bonds. The number of carbonyl (C=O) groups excluding carboxylic acids is 1. The molecule has 0 spiro atoms. The number of fused-ring (bicyclic) bond motifs is 1. The first-order valence-corrected chi connectivity index (χ1v) is 12.3. The van der Waals surface area contributed by atoms with Crippen LogP contribution >= 0.6 is 11.3 Å². The number of amides is 1. The van der Waals surface area contributed by atoms with Crippen LogP contribution in [0.5, 0.6) is 5.75 Å². The number of rotatable bonds is 6. The normalized spacial score (nSPS) is 10.9. The number of aromatic nitrogens is 2. The fraction of sp³-hybridized carbons (Fsp3) is 0.138. The van der Waals surface area contributed by atoms with E-state index in [4.69, 9.17) is 14.7 Å². The molecule has 6 heteroatoms. The zero-order valence-electron chi connectivity index (χ0n) is 19.8. The van der Waals surface area contributed by atoms with Crippen LogP contribution in [-0.4, -0.2) is 22.5 Å². The summed E-state index contributed by atoms with van der Waals surface area (Å²) in [6, 6.07) is 25.5. The summed E-state index contributed by atoms with van der Waals surface area (Å²) in [6.45, 7) is 6.57. The molecule has 0 atom stereocenters. The van der Waals surface area contributed by atoms with Crippen molar-refractivity contribution in [1.82, 2.24) is 9.97 Å². The van der Waals surface area contributed by atoms with Gasteiger partial charge in [-0.3, -0.25) is 10.1 Å². The number of hydrogen-bond acceptors (Lipinski definition) is 5. The highest BCUT2D eigenvalue weighted by Crippen LogP contribution is 2.33. The molecular weight excluding hydrogens is 454 g/mol. The summed E-state index contributed by atoms with van der Waals surface area (Å²) < 4.78 is 5.82. The maximum Gasteiger partial charge on any atom is 0.258 e. The molecule has 0 saturated heterocycles. The quantitative estimate of drug-likeness (QED) is 0.278. The summed E-state index contributed by atoms with van der Waals surface area (Å²) in [4.78, 5) is 24.1. The van der Waals surface area contributed by atoms with Gasteiger partial charge < -0.3 is 4.74 Å². The number of carbonyl (C=O) groups is 1. The summed E-state index contributed by atoms with van der Waals surface area (Å²) in [5, 5.41) is 4.38. The van der Waals surface area contributed by atoms with Gasteiger partial charge in [0.1, 0.15) is 5.75 Å². The molecule has 35 heavy (non-hydrogen) atoms. The number of pyridine rings is 1. The second-order valence-electron chi connectivity index (χ2n) is 8.25. The smallest absolute Gasteiger partial charge is 0.258 e. The van der Waals surface area contributed by atoms with E-state index in [1.165, 1.54) is 16.9 Å². The minimum absolute atomic E-state index is 0.219. The lowest BCUT2D eigenvalue weighted by molar-refractivity contribution is 0.102. The van der Waals surface area contributed by atoms with E-state index in [1.54, 1.807) is 0 Å². The van der Waals surface area contributed by atoms with E-state index < -0.39 is 0 Å². The molecule has 0 bridgehead atoms. The maximum atomic E-state index is 13.5. The minimum Gasteiger partial charge on any atom is -0.493 e. The van der Waals surface area contributed by atoms with Crippen molar-refractivity contribution >= 4 is 33.3 Å². The Morgan fingerprint density at radius 2 is 1.69 bits per heavy atom. The van der Waals surface area contributed by atoms with Gasteiger partial charge in [0, 0.05) is 21.4 Å². The lowest BCUT2D eigenvalue weighted by Gasteiger charge is -2.12. The van der Waals surface area contributed by atoms with E-state index in [9.17, 15) is 4.79 Å². The number of aryl methyl sites for hydroxylation is 2. The number of thiazole rings is 1. The number of benzene rings is 3. The first kappa shape index (κ1) is 22.7. The van der Waals surface area contributed by atoms with Gasteiger partial charge in [-0.1, -0.05) is 60.2 Å². The first-order valence-electron chi connectivity index (χ1n) is 11.5. The fourth-order valence-electron chi connectivity index (χ4n) is 4.05. The number of hydrogen-bond donors (Lipinski definition) is 1. The molecule has 0 aliphatic carbocycles. The number of nitrogens with zero attached hydrogens (tertiary/aromatic N) is 2. The molecule has 0 fully saturated rings. The van der Waals surface area contributed by atoms with Gasteiger partial charge in [-0.2, -0.15) is 0 Å². The SMILES string of the molecule is CCOc1ccccc1-c1cc(C(=O)Nc2nc(-c3ccc(C)cc3)c(C)s2)c2ccccc2n1. The fourth-order valence-corrected chi connectivity index (χ4v) is 4.89. The highest BCUT2D eigenvalue weighted by Gasteiger charge is 2.18. The van der Waals surface area contributed by atoms with Gasteiger partial charge in [0.05, 0.1) is 29.1 Å². The van der Waals surface area contributed by atoms with E-state index in [0.717, 1.165) is 38.4 Å². The van der Waals surface area contributed by atoms with Crippen LogP contribution in [0.1, 0.15) is 27.7 Å². The van der Waals surface area contributed by atoms with Crippen LogP contribution in [0.2, 0.25) is 0 Å². The van der Waals surface area contributed by atoms with E-state index in [0.29, 0.717) is 23.0 Å². The Kier molecular flexibility index (Phi) is 6.29. The average Bonchev–Trinajstić information content (AvgIpc) is 3.24. The topological polar surface area (TPSA) is 64.1 Å². The van der Waals surface area contributed by atoms with Gasteiger partial charge in [-0.15, -0.1) is 11.3 Å². The number of para-hydroxylation sites is 2. The average molecular weight is 480 g/mol. The highest BCUT2D eigenvalue weighted by atomic mass is 32.1. The zero-order chi connectivity index (χ0) is 24.4. The third kappa shape index (κ3) is 4.66. The third-order valence-corrected chi connectivity index (χ3v) is 6.65. The largest absolute Gasteiger partial charge is 0.493 e. The Balaban J connectivity index is 1.53. The molecule has 0 aliphatic heterocycles. The molecular formula is C29H25N3O2S. The van der Waals surface area contributed by atoms with Gasteiger partial charge in [0.25, 0.3) is 5.91 Å². The maximum absolute atomic E-state index is 13.5. The van der Waals surface area contributed by atoms with Crippen molar-refractivity contribution in [1.29, 1.82) is 0 Å². The third-order valence-electron chi connectivity index (χ3n) is 5.77. The molecule has 0 radical (unpaired) electrons. The molecule has 0 unspecified atom stereocenters. The summed E-state index contributed by atoms with van der Waals surface area (Å²) in [5.74, 6) is 0.519. The Morgan fingerprint density at radius 3 is 2.49 bits per heavy atom. The minimum atomic E-state index is -0.219. The molecule has 2 aromatic heterocycles. The van der Waals surface area contributed by atoms with Crippen molar-refractivity contribution in [2.45, 2.75) is 20.8 Å². The Morgan fingerprint density at radius 1 is 0.943 bits per heavy atom.